The molecule has 0 aromatic heterocycles. The number of hydrogen-bond donors (Lipinski definition) is 0. The highest BCUT2D eigenvalue weighted by Gasteiger charge is 2.50. The van der Waals surface area contributed by atoms with Crippen LogP contribution in [0.3, 0.4) is 0 Å². The highest BCUT2D eigenvalue weighted by atomic mass is 31.2. The van der Waals surface area contributed by atoms with Crippen molar-refractivity contribution in [3.05, 3.63) is 52.1 Å². The normalized spacial score (nSPS) is 16.1. The molecule has 2 aromatic carbocycles. The second-order valence-corrected chi connectivity index (χ2v) is 11.6. The zero-order valence-corrected chi connectivity index (χ0v) is 21.2. The van der Waals surface area contributed by atoms with Gasteiger partial charge in [0, 0.05) is 23.4 Å². The monoisotopic (exact) mass is 472 g/mol. The number of carbonyl (C=O) groups is 2. The van der Waals surface area contributed by atoms with Crippen molar-refractivity contribution in [3.8, 4) is 17.2 Å². The summed E-state index contributed by atoms with van der Waals surface area (Å²) in [5, 5.41) is 0. The van der Waals surface area contributed by atoms with Crippen molar-refractivity contribution in [2.24, 2.45) is 0 Å². The summed E-state index contributed by atoms with van der Waals surface area (Å²) in [5.41, 5.74) is 1.14. The minimum absolute atomic E-state index is 0.0328. The van der Waals surface area contributed by atoms with E-state index in [4.69, 9.17) is 14.2 Å². The Morgan fingerprint density at radius 3 is 1.70 bits per heavy atom. The largest absolute Gasteiger partial charge is 0.496 e. The number of methoxy groups -OCH3 is 3. The molecule has 0 bridgehead atoms. The van der Waals surface area contributed by atoms with Crippen molar-refractivity contribution >= 4 is 18.2 Å². The molecule has 6 nitrogen and oxygen atoms in total. The highest BCUT2D eigenvalue weighted by Crippen LogP contribution is 2.62. The van der Waals surface area contributed by atoms with E-state index in [1.54, 1.807) is 12.1 Å². The summed E-state index contributed by atoms with van der Waals surface area (Å²) in [4.78, 5) is 28.2. The lowest BCUT2D eigenvalue weighted by Crippen LogP contribution is -2.25. The van der Waals surface area contributed by atoms with Gasteiger partial charge in [0.05, 0.1) is 21.3 Å². The van der Waals surface area contributed by atoms with Gasteiger partial charge >= 0.3 is 0 Å². The molecule has 0 radical (unpaired) electrons. The third-order valence-electron chi connectivity index (χ3n) is 6.51. The first-order chi connectivity index (χ1) is 15.7. The predicted octanol–water partition coefficient (Wildman–Crippen LogP) is 6.31. The zero-order chi connectivity index (χ0) is 24.3. The first-order valence-electron chi connectivity index (χ1n) is 11.3. The van der Waals surface area contributed by atoms with Gasteiger partial charge in [-0.3, -0.25) is 9.59 Å². The van der Waals surface area contributed by atoms with Crippen LogP contribution in [0.4, 0.5) is 0 Å². The molecule has 3 rings (SSSR count). The number of ether oxygens (including phenoxy) is 3. The Bertz CT molecular complexity index is 1070. The third-order valence-corrected chi connectivity index (χ3v) is 9.71. The van der Waals surface area contributed by atoms with Crippen LogP contribution in [0.25, 0.3) is 0 Å². The van der Waals surface area contributed by atoms with Crippen LogP contribution in [0.15, 0.2) is 24.3 Å². The molecule has 178 valence electrons. The fraction of sp³-hybridized carbons (Fsp3) is 0.462. The lowest BCUT2D eigenvalue weighted by molar-refractivity contribution is 0.103. The number of aryl methyl sites for hydroxylation is 3. The first-order valence-corrected chi connectivity index (χ1v) is 13.0. The second kappa shape index (κ2) is 10.1. The van der Waals surface area contributed by atoms with Gasteiger partial charge in [-0.25, -0.2) is 0 Å². The molecule has 1 fully saturated rings. The maximum atomic E-state index is 14.8. The van der Waals surface area contributed by atoms with E-state index in [-0.39, 0.29) is 17.1 Å². The summed E-state index contributed by atoms with van der Waals surface area (Å²) >= 11 is 0. The van der Waals surface area contributed by atoms with Crippen LogP contribution in [0, 0.1) is 20.8 Å². The SMILES string of the molecule is COc1cc(OC)c(C(=O)P(=O)(C(=O)c2c(C)cc(C)cc2C)C2CCCCC2)c(OC)c1. The average molecular weight is 473 g/mol. The van der Waals surface area contributed by atoms with E-state index >= 15 is 0 Å². The van der Waals surface area contributed by atoms with Crippen LogP contribution in [-0.4, -0.2) is 38.0 Å². The summed E-state index contributed by atoms with van der Waals surface area (Å²) in [6, 6.07) is 6.89. The Labute approximate surface area is 196 Å². The van der Waals surface area contributed by atoms with Gasteiger partial charge in [-0.2, -0.15) is 0 Å². The van der Waals surface area contributed by atoms with E-state index < -0.39 is 23.8 Å². The molecule has 0 amide bonds. The summed E-state index contributed by atoms with van der Waals surface area (Å²) in [6.07, 6.45) is 3.87. The first kappa shape index (κ1) is 25.0. The molecule has 33 heavy (non-hydrogen) atoms. The molecule has 1 atom stereocenters. The molecular weight excluding hydrogens is 439 g/mol. The molecule has 1 saturated carbocycles. The molecule has 0 N–H and O–H groups in total. The van der Waals surface area contributed by atoms with Gasteiger partial charge in [0.25, 0.3) is 0 Å². The number of benzene rings is 2. The molecule has 1 unspecified atom stereocenters. The lowest BCUT2D eigenvalue weighted by Gasteiger charge is -2.30. The summed E-state index contributed by atoms with van der Waals surface area (Å²) < 4.78 is 31.0. The Balaban J connectivity index is 2.26. The molecule has 0 saturated heterocycles. The second-order valence-electron chi connectivity index (χ2n) is 8.74. The summed E-state index contributed by atoms with van der Waals surface area (Å²) in [6.45, 7) is 5.61. The Morgan fingerprint density at radius 1 is 0.758 bits per heavy atom. The zero-order valence-electron chi connectivity index (χ0n) is 20.3. The van der Waals surface area contributed by atoms with Crippen LogP contribution < -0.4 is 14.2 Å². The van der Waals surface area contributed by atoms with E-state index in [1.165, 1.54) is 21.3 Å². The van der Waals surface area contributed by atoms with Crippen LogP contribution in [0.2, 0.25) is 0 Å². The van der Waals surface area contributed by atoms with Crippen molar-refractivity contribution in [1.82, 2.24) is 0 Å². The Hall–Kier alpha value is -2.59. The molecule has 0 heterocycles. The average Bonchev–Trinajstić information content (AvgIpc) is 2.81. The van der Waals surface area contributed by atoms with Crippen molar-refractivity contribution in [2.45, 2.75) is 58.5 Å². The van der Waals surface area contributed by atoms with Gasteiger partial charge in [0.15, 0.2) is 0 Å². The van der Waals surface area contributed by atoms with Crippen molar-refractivity contribution < 1.29 is 28.4 Å². The van der Waals surface area contributed by atoms with Gasteiger partial charge in [-0.05, 0) is 44.7 Å². The van der Waals surface area contributed by atoms with E-state index in [9.17, 15) is 14.2 Å². The maximum Gasteiger partial charge on any atom is 0.236 e. The molecule has 1 aliphatic carbocycles. The lowest BCUT2D eigenvalue weighted by atomic mass is 10.0. The molecule has 0 spiro atoms. The topological polar surface area (TPSA) is 78.9 Å². The minimum Gasteiger partial charge on any atom is -0.496 e. The van der Waals surface area contributed by atoms with Gasteiger partial charge in [0.2, 0.25) is 18.2 Å². The molecular formula is C26H33O6P. The standard InChI is InChI=1S/C26H33O6P/c1-16-12-17(2)23(18(3)13-16)25(27)33(29,20-10-8-7-9-11-20)26(28)24-21(31-5)14-19(30-4)15-22(24)32-6/h12-15,20H,7-11H2,1-6H3. The van der Waals surface area contributed by atoms with Gasteiger partial charge in [0.1, 0.15) is 22.8 Å². The molecule has 1 aliphatic rings. The third kappa shape index (κ3) is 4.59. The molecule has 2 aromatic rings. The Kier molecular flexibility index (Phi) is 7.69. The van der Waals surface area contributed by atoms with E-state index in [0.29, 0.717) is 24.2 Å². The minimum atomic E-state index is -4.07. The highest BCUT2D eigenvalue weighted by molar-refractivity contribution is 7.96. The molecule has 7 heteroatoms. The summed E-state index contributed by atoms with van der Waals surface area (Å²) in [7, 11) is 0.270. The van der Waals surface area contributed by atoms with Crippen molar-refractivity contribution in [2.75, 3.05) is 21.3 Å². The van der Waals surface area contributed by atoms with Gasteiger partial charge < -0.3 is 18.8 Å². The maximum absolute atomic E-state index is 14.8. The van der Waals surface area contributed by atoms with Crippen LogP contribution in [0.1, 0.15) is 69.5 Å². The molecule has 0 aliphatic heterocycles. The van der Waals surface area contributed by atoms with Crippen LogP contribution in [0.5, 0.6) is 17.2 Å². The van der Waals surface area contributed by atoms with Crippen LogP contribution >= 0.6 is 7.14 Å². The smallest absolute Gasteiger partial charge is 0.236 e. The summed E-state index contributed by atoms with van der Waals surface area (Å²) in [5.74, 6) is 0.791. The van der Waals surface area contributed by atoms with Gasteiger partial charge in [-0.15, -0.1) is 0 Å². The van der Waals surface area contributed by atoms with Crippen molar-refractivity contribution in [3.63, 3.8) is 0 Å². The van der Waals surface area contributed by atoms with Crippen molar-refractivity contribution in [1.29, 1.82) is 0 Å². The predicted molar refractivity (Wildman–Crippen MR) is 130 cm³/mol. The Morgan fingerprint density at radius 2 is 1.24 bits per heavy atom. The fourth-order valence-electron chi connectivity index (χ4n) is 4.93. The quantitative estimate of drug-likeness (QED) is 0.419. The van der Waals surface area contributed by atoms with Gasteiger partial charge in [-0.1, -0.05) is 37.0 Å². The van der Waals surface area contributed by atoms with E-state index in [2.05, 4.69) is 0 Å². The number of rotatable bonds is 8. The van der Waals surface area contributed by atoms with Crippen LogP contribution in [-0.2, 0) is 4.57 Å². The van der Waals surface area contributed by atoms with E-state index in [0.717, 1.165) is 36.0 Å². The fourth-order valence-corrected chi connectivity index (χ4v) is 8.11. The van der Waals surface area contributed by atoms with E-state index in [1.807, 2.05) is 32.9 Å². The number of hydrogen-bond acceptors (Lipinski definition) is 6. The number of carbonyl (C=O) groups excluding carboxylic acids is 2.